The predicted octanol–water partition coefficient (Wildman–Crippen LogP) is 4.10. The third-order valence-electron chi connectivity index (χ3n) is 6.59. The van der Waals surface area contributed by atoms with Crippen LogP contribution < -0.4 is 38.3 Å². The van der Waals surface area contributed by atoms with Gasteiger partial charge in [0.2, 0.25) is 0 Å². The minimum Gasteiger partial charge on any atom is -0.490 e. The molecule has 1 aromatic heterocycles. The third kappa shape index (κ3) is 8.74. The third-order valence-corrected chi connectivity index (χ3v) is 6.59. The number of anilines is 5. The molecule has 10 heteroatoms. The van der Waals surface area contributed by atoms with Crippen molar-refractivity contribution in [3.8, 4) is 5.75 Å². The molecule has 0 aliphatic heterocycles. The number of nitrogens with two attached hydrogens (primary N) is 4. The lowest BCUT2D eigenvalue weighted by molar-refractivity contribution is 0.0604. The van der Waals surface area contributed by atoms with Crippen molar-refractivity contribution in [2.24, 2.45) is 11.7 Å². The number of hydrogen-bond acceptors (Lipinski definition) is 10. The van der Waals surface area contributed by atoms with Crippen molar-refractivity contribution in [3.63, 3.8) is 0 Å². The smallest absolute Gasteiger partial charge is 0.137 e. The number of nitrogens with one attached hydrogen (secondary N) is 2. The van der Waals surface area contributed by atoms with Crippen LogP contribution in [0.1, 0.15) is 18.5 Å². The van der Waals surface area contributed by atoms with Gasteiger partial charge >= 0.3 is 0 Å². The molecule has 0 radical (unpaired) electrons. The number of hydrogen-bond donors (Lipinski definition) is 6. The number of nitrogens with zero attached hydrogens (tertiary/aromatic N) is 1. The van der Waals surface area contributed by atoms with Gasteiger partial charge in [0.05, 0.1) is 43.0 Å². The summed E-state index contributed by atoms with van der Waals surface area (Å²) in [6.45, 7) is 2.27. The molecule has 2 unspecified atom stereocenters. The van der Waals surface area contributed by atoms with Gasteiger partial charge in [0.15, 0.2) is 0 Å². The fraction of sp³-hybridized carbons (Fsp3) is 0.300. The minimum atomic E-state index is 0.308. The van der Waals surface area contributed by atoms with Gasteiger partial charge in [-0.15, -0.1) is 0 Å². The van der Waals surface area contributed by atoms with E-state index in [2.05, 4.69) is 21.7 Å². The number of ether oxygens (including phenoxy) is 3. The molecule has 10 nitrogen and oxygen atoms in total. The fourth-order valence-electron chi connectivity index (χ4n) is 4.15. The maximum Gasteiger partial charge on any atom is 0.137 e. The molecule has 0 saturated heterocycles. The monoisotopic (exact) mass is 545 g/mol. The number of aromatic nitrogens is 1. The fourth-order valence-corrected chi connectivity index (χ4v) is 4.15. The van der Waals surface area contributed by atoms with Gasteiger partial charge in [0.1, 0.15) is 24.7 Å². The van der Waals surface area contributed by atoms with Crippen molar-refractivity contribution in [3.05, 3.63) is 90.6 Å². The summed E-state index contributed by atoms with van der Waals surface area (Å²) in [5.41, 5.74) is 28.2. The van der Waals surface area contributed by atoms with E-state index in [9.17, 15) is 0 Å². The number of pyridine rings is 1. The Balaban J connectivity index is 1.07. The van der Waals surface area contributed by atoms with E-state index >= 15 is 0 Å². The molecule has 1 fully saturated rings. The first-order valence-corrected chi connectivity index (χ1v) is 13.4. The zero-order valence-electron chi connectivity index (χ0n) is 22.6. The zero-order chi connectivity index (χ0) is 28.2. The molecular formula is C30H39N7O3. The van der Waals surface area contributed by atoms with E-state index in [1.165, 1.54) is 6.20 Å². The lowest BCUT2D eigenvalue weighted by atomic mass is 9.79. The summed E-state index contributed by atoms with van der Waals surface area (Å²) < 4.78 is 17.1. The van der Waals surface area contributed by atoms with Crippen molar-refractivity contribution in [1.29, 1.82) is 0 Å². The summed E-state index contributed by atoms with van der Waals surface area (Å²) in [5.74, 6) is 1.67. The van der Waals surface area contributed by atoms with Crippen LogP contribution >= 0.6 is 0 Å². The summed E-state index contributed by atoms with van der Waals surface area (Å²) >= 11 is 0. The SMILES string of the molecule is N/C=C(\C=C/C1CCC1Nc1ccc(N)cc1N)OCCOCCOc1ccc(CNc2ccc(N)cc2)nc1. The first-order chi connectivity index (χ1) is 19.5. The highest BCUT2D eigenvalue weighted by Crippen LogP contribution is 2.34. The summed E-state index contributed by atoms with van der Waals surface area (Å²) in [5, 5.41) is 6.81. The van der Waals surface area contributed by atoms with Crippen molar-refractivity contribution < 1.29 is 14.2 Å². The zero-order valence-corrected chi connectivity index (χ0v) is 22.6. The van der Waals surface area contributed by atoms with E-state index < -0.39 is 0 Å². The Morgan fingerprint density at radius 3 is 2.42 bits per heavy atom. The Kier molecular flexibility index (Phi) is 10.3. The molecule has 0 bridgehead atoms. The highest BCUT2D eigenvalue weighted by atomic mass is 16.5. The van der Waals surface area contributed by atoms with Gasteiger partial charge in [-0.2, -0.15) is 0 Å². The van der Waals surface area contributed by atoms with Crippen molar-refractivity contribution in [1.82, 2.24) is 4.98 Å². The second kappa shape index (κ2) is 14.5. The Morgan fingerprint density at radius 2 is 1.73 bits per heavy atom. The summed E-state index contributed by atoms with van der Waals surface area (Å²) in [4.78, 5) is 4.43. The van der Waals surface area contributed by atoms with E-state index in [-0.39, 0.29) is 0 Å². The van der Waals surface area contributed by atoms with Crippen molar-refractivity contribution in [2.45, 2.75) is 25.4 Å². The van der Waals surface area contributed by atoms with Gasteiger partial charge in [-0.05, 0) is 79.4 Å². The quantitative estimate of drug-likeness (QED) is 0.0707. The maximum absolute atomic E-state index is 6.07. The highest BCUT2D eigenvalue weighted by molar-refractivity contribution is 5.71. The molecule has 0 spiro atoms. The van der Waals surface area contributed by atoms with E-state index in [0.29, 0.717) is 67.8 Å². The van der Waals surface area contributed by atoms with Crippen LogP contribution in [0.4, 0.5) is 28.4 Å². The average Bonchev–Trinajstić information content (AvgIpc) is 2.95. The Labute approximate surface area is 235 Å². The molecule has 1 saturated carbocycles. The number of benzene rings is 2. The van der Waals surface area contributed by atoms with Crippen molar-refractivity contribution >= 4 is 28.4 Å². The van der Waals surface area contributed by atoms with Gasteiger partial charge in [-0.3, -0.25) is 4.98 Å². The van der Waals surface area contributed by atoms with E-state index in [4.69, 9.17) is 37.1 Å². The van der Waals surface area contributed by atoms with Crippen LogP contribution in [-0.2, 0) is 16.0 Å². The van der Waals surface area contributed by atoms with Gasteiger partial charge in [0.25, 0.3) is 0 Å². The van der Waals surface area contributed by atoms with Gasteiger partial charge in [-0.25, -0.2) is 0 Å². The van der Waals surface area contributed by atoms with Crippen LogP contribution in [0.2, 0.25) is 0 Å². The molecule has 212 valence electrons. The lowest BCUT2D eigenvalue weighted by Crippen LogP contribution is -2.37. The normalized spacial score (nSPS) is 16.9. The first kappa shape index (κ1) is 28.4. The van der Waals surface area contributed by atoms with Crippen LogP contribution in [0.3, 0.4) is 0 Å². The standard InChI is InChI=1S/C30H39N7O3/c31-18-26(9-1-21-2-11-29(21)37-30-12-5-23(33)17-28(30)34)39-15-13-38-14-16-40-27-10-8-25(36-20-27)19-35-24-6-3-22(32)4-7-24/h1,3-10,12,17-18,20-21,29,35,37H,2,11,13-16,19,31-34H2/b9-1-,26-18+. The Morgan fingerprint density at radius 1 is 0.925 bits per heavy atom. The summed E-state index contributed by atoms with van der Waals surface area (Å²) in [6.07, 6.45) is 9.36. The number of nitrogen functional groups attached to an aromatic ring is 3. The molecule has 2 atom stereocenters. The Hall–Kier alpha value is -4.57. The van der Waals surface area contributed by atoms with E-state index in [0.717, 1.165) is 35.6 Å². The molecule has 1 aliphatic carbocycles. The van der Waals surface area contributed by atoms with Crippen molar-refractivity contribution in [2.75, 3.05) is 54.3 Å². The van der Waals surface area contributed by atoms with Crippen LogP contribution in [-0.4, -0.2) is 37.5 Å². The molecule has 10 N–H and O–H groups in total. The molecular weight excluding hydrogens is 506 g/mol. The van der Waals surface area contributed by atoms with Gasteiger partial charge in [-0.1, -0.05) is 6.08 Å². The molecule has 0 amide bonds. The van der Waals surface area contributed by atoms with Crippen LogP contribution in [0, 0.1) is 5.92 Å². The van der Waals surface area contributed by atoms with E-state index in [1.54, 1.807) is 12.3 Å². The predicted molar refractivity (Wildman–Crippen MR) is 161 cm³/mol. The minimum absolute atomic E-state index is 0.308. The van der Waals surface area contributed by atoms with Crippen LogP contribution in [0.5, 0.6) is 5.75 Å². The largest absolute Gasteiger partial charge is 0.490 e. The van der Waals surface area contributed by atoms with Gasteiger partial charge < -0.3 is 47.8 Å². The average molecular weight is 546 g/mol. The topological polar surface area (TPSA) is 169 Å². The second-order valence-corrected chi connectivity index (χ2v) is 9.54. The molecule has 4 rings (SSSR count). The summed E-state index contributed by atoms with van der Waals surface area (Å²) in [6, 6.07) is 17.2. The first-order valence-electron chi connectivity index (χ1n) is 13.4. The molecule has 3 aromatic rings. The van der Waals surface area contributed by atoms with Gasteiger partial charge in [0, 0.05) is 29.3 Å². The summed E-state index contributed by atoms with van der Waals surface area (Å²) in [7, 11) is 0. The van der Waals surface area contributed by atoms with Crippen LogP contribution in [0.15, 0.2) is 84.9 Å². The van der Waals surface area contributed by atoms with E-state index in [1.807, 2.05) is 54.6 Å². The Bertz CT molecular complexity index is 1260. The second-order valence-electron chi connectivity index (χ2n) is 9.54. The number of rotatable bonds is 15. The number of allylic oxidation sites excluding steroid dienone is 1. The highest BCUT2D eigenvalue weighted by Gasteiger charge is 2.29. The molecule has 1 heterocycles. The van der Waals surface area contributed by atoms with Crippen LogP contribution in [0.25, 0.3) is 0 Å². The molecule has 1 aliphatic rings. The molecule has 2 aromatic carbocycles. The maximum atomic E-state index is 6.07. The molecule has 40 heavy (non-hydrogen) atoms. The lowest BCUT2D eigenvalue weighted by Gasteiger charge is -2.36.